The minimum Gasteiger partial charge on any atom is -0.497 e. The molecule has 30 heavy (non-hydrogen) atoms. The number of methoxy groups -OCH3 is 1. The highest BCUT2D eigenvalue weighted by molar-refractivity contribution is 5.85. The molecular weight excluding hydrogens is 381 g/mol. The summed E-state index contributed by atoms with van der Waals surface area (Å²) in [7, 11) is 1.62. The molecule has 0 spiro atoms. The SMILES string of the molecule is COc1ccc2ccc([C@@]3(O)C[C@H](c4ccc(C#N)cc4F)n4cncc43)cc2c1. The summed E-state index contributed by atoms with van der Waals surface area (Å²) in [5.41, 5.74) is 0.684. The lowest BCUT2D eigenvalue weighted by Crippen LogP contribution is -2.24. The Bertz CT molecular complexity index is 1320. The molecule has 0 amide bonds. The highest BCUT2D eigenvalue weighted by atomic mass is 19.1. The second kappa shape index (κ2) is 6.68. The van der Waals surface area contributed by atoms with Crippen molar-refractivity contribution in [3.8, 4) is 11.8 Å². The molecule has 5 rings (SSSR count). The standard InChI is InChI=1S/C24H18FN3O2/c1-30-19-6-4-16-3-5-18(9-17(16)10-19)24(29)11-22(28-14-27-13-23(24)28)20-7-2-15(12-26)8-21(20)25/h2-10,13-14,22,29H,11H2,1H3/t22-,24+/m1/s1. The van der Waals surface area contributed by atoms with Crippen LogP contribution in [-0.4, -0.2) is 21.8 Å². The van der Waals surface area contributed by atoms with Crippen molar-refractivity contribution in [2.24, 2.45) is 0 Å². The normalized spacial score (nSPS) is 20.1. The summed E-state index contributed by atoms with van der Waals surface area (Å²) in [6, 6.07) is 17.5. The molecule has 0 aliphatic carbocycles. The molecule has 0 unspecified atom stereocenters. The third-order valence-corrected chi connectivity index (χ3v) is 5.93. The fraction of sp³-hybridized carbons (Fsp3) is 0.167. The van der Waals surface area contributed by atoms with Crippen LogP contribution in [0.4, 0.5) is 4.39 Å². The summed E-state index contributed by atoms with van der Waals surface area (Å²) >= 11 is 0. The van der Waals surface area contributed by atoms with E-state index in [1.807, 2.05) is 42.5 Å². The number of rotatable bonds is 3. The molecule has 5 nitrogen and oxygen atoms in total. The summed E-state index contributed by atoms with van der Waals surface area (Å²) < 4.78 is 21.9. The third kappa shape index (κ3) is 2.67. The number of ether oxygens (including phenoxy) is 1. The first-order valence-corrected chi connectivity index (χ1v) is 9.56. The molecule has 4 aromatic rings. The van der Waals surface area contributed by atoms with Crippen LogP contribution in [0, 0.1) is 17.1 Å². The Labute approximate surface area is 172 Å². The Morgan fingerprint density at radius 3 is 2.77 bits per heavy atom. The molecule has 3 aromatic carbocycles. The second-order valence-corrected chi connectivity index (χ2v) is 7.54. The monoisotopic (exact) mass is 399 g/mol. The quantitative estimate of drug-likeness (QED) is 0.558. The van der Waals surface area contributed by atoms with Crippen molar-refractivity contribution in [2.75, 3.05) is 7.11 Å². The van der Waals surface area contributed by atoms with Crippen LogP contribution in [0.5, 0.6) is 5.75 Å². The number of hydrogen-bond donors (Lipinski definition) is 1. The number of imidazole rings is 1. The molecule has 0 bridgehead atoms. The lowest BCUT2D eigenvalue weighted by Gasteiger charge is -2.24. The number of hydrogen-bond acceptors (Lipinski definition) is 4. The van der Waals surface area contributed by atoms with Gasteiger partial charge in [0, 0.05) is 12.0 Å². The van der Waals surface area contributed by atoms with Crippen LogP contribution in [0.1, 0.15) is 34.8 Å². The van der Waals surface area contributed by atoms with Crippen molar-refractivity contribution >= 4 is 10.8 Å². The fourth-order valence-corrected chi connectivity index (χ4v) is 4.36. The number of fused-ring (bicyclic) bond motifs is 2. The van der Waals surface area contributed by atoms with E-state index in [1.165, 1.54) is 6.07 Å². The number of benzene rings is 3. The van der Waals surface area contributed by atoms with Gasteiger partial charge in [-0.25, -0.2) is 9.37 Å². The average Bonchev–Trinajstić information content (AvgIpc) is 3.36. The van der Waals surface area contributed by atoms with Crippen LogP contribution in [0.2, 0.25) is 0 Å². The highest BCUT2D eigenvalue weighted by Gasteiger charge is 2.45. The van der Waals surface area contributed by atoms with Crippen molar-refractivity contribution in [3.63, 3.8) is 0 Å². The Balaban J connectivity index is 1.62. The predicted octanol–water partition coefficient (Wildman–Crippen LogP) is 4.28. The zero-order chi connectivity index (χ0) is 20.9. The van der Waals surface area contributed by atoms with Crippen molar-refractivity contribution in [1.29, 1.82) is 5.26 Å². The van der Waals surface area contributed by atoms with Gasteiger partial charge in [-0.15, -0.1) is 0 Å². The largest absolute Gasteiger partial charge is 0.497 e. The van der Waals surface area contributed by atoms with E-state index in [2.05, 4.69) is 4.98 Å². The molecule has 1 aromatic heterocycles. The van der Waals surface area contributed by atoms with Gasteiger partial charge in [0.1, 0.15) is 17.2 Å². The van der Waals surface area contributed by atoms with E-state index < -0.39 is 17.5 Å². The molecule has 2 atom stereocenters. The Morgan fingerprint density at radius 2 is 2.00 bits per heavy atom. The maximum atomic E-state index is 14.8. The molecule has 1 aliphatic heterocycles. The smallest absolute Gasteiger partial charge is 0.133 e. The van der Waals surface area contributed by atoms with E-state index in [9.17, 15) is 9.50 Å². The van der Waals surface area contributed by atoms with Gasteiger partial charge in [0.15, 0.2) is 0 Å². The molecule has 6 heteroatoms. The van der Waals surface area contributed by atoms with Gasteiger partial charge >= 0.3 is 0 Å². The maximum absolute atomic E-state index is 14.8. The topological polar surface area (TPSA) is 71.1 Å². The van der Waals surface area contributed by atoms with Gasteiger partial charge in [0.2, 0.25) is 0 Å². The van der Waals surface area contributed by atoms with Crippen molar-refractivity contribution in [2.45, 2.75) is 18.1 Å². The molecule has 0 fully saturated rings. The van der Waals surface area contributed by atoms with Crippen LogP contribution in [0.15, 0.2) is 67.1 Å². The summed E-state index contributed by atoms with van der Waals surface area (Å²) in [5.74, 6) is 0.270. The van der Waals surface area contributed by atoms with Crippen LogP contribution < -0.4 is 4.74 Å². The van der Waals surface area contributed by atoms with Crippen molar-refractivity contribution in [3.05, 3.63) is 95.3 Å². The van der Waals surface area contributed by atoms with Gasteiger partial charge in [0.05, 0.1) is 43.0 Å². The number of nitriles is 1. The minimum atomic E-state index is -1.32. The summed E-state index contributed by atoms with van der Waals surface area (Å²) in [6.45, 7) is 0. The Kier molecular flexibility index (Phi) is 4.09. The molecule has 0 saturated heterocycles. The maximum Gasteiger partial charge on any atom is 0.133 e. The number of aromatic nitrogens is 2. The van der Waals surface area contributed by atoms with Gasteiger partial charge in [-0.05, 0) is 46.7 Å². The number of nitrogens with zero attached hydrogens (tertiary/aromatic N) is 3. The first-order valence-electron chi connectivity index (χ1n) is 9.56. The average molecular weight is 399 g/mol. The summed E-state index contributed by atoms with van der Waals surface area (Å²) in [6.07, 6.45) is 3.50. The van der Waals surface area contributed by atoms with E-state index in [0.717, 1.165) is 16.5 Å². The van der Waals surface area contributed by atoms with Gasteiger partial charge in [-0.1, -0.05) is 24.3 Å². The molecule has 0 saturated carbocycles. The molecule has 1 N–H and O–H groups in total. The zero-order valence-electron chi connectivity index (χ0n) is 16.2. The van der Waals surface area contributed by atoms with Crippen LogP contribution >= 0.6 is 0 Å². The molecule has 2 heterocycles. The van der Waals surface area contributed by atoms with Gasteiger partial charge in [-0.3, -0.25) is 0 Å². The fourth-order valence-electron chi connectivity index (χ4n) is 4.36. The first-order chi connectivity index (χ1) is 14.5. The minimum absolute atomic E-state index is 0.263. The van der Waals surface area contributed by atoms with Gasteiger partial charge in [-0.2, -0.15) is 5.26 Å². The van der Waals surface area contributed by atoms with E-state index in [4.69, 9.17) is 10.00 Å². The van der Waals surface area contributed by atoms with Crippen molar-refractivity contribution < 1.29 is 14.2 Å². The highest BCUT2D eigenvalue weighted by Crippen LogP contribution is 2.47. The Morgan fingerprint density at radius 1 is 1.17 bits per heavy atom. The molecule has 0 radical (unpaired) electrons. The predicted molar refractivity (Wildman–Crippen MR) is 110 cm³/mol. The summed E-state index contributed by atoms with van der Waals surface area (Å²) in [4.78, 5) is 4.20. The van der Waals surface area contributed by atoms with Gasteiger partial charge in [0.25, 0.3) is 0 Å². The summed E-state index contributed by atoms with van der Waals surface area (Å²) in [5, 5.41) is 22.7. The third-order valence-electron chi connectivity index (χ3n) is 5.93. The zero-order valence-corrected chi connectivity index (χ0v) is 16.2. The lowest BCUT2D eigenvalue weighted by molar-refractivity contribution is 0.0794. The first kappa shape index (κ1) is 18.3. The van der Waals surface area contributed by atoms with E-state index in [0.29, 0.717) is 16.8 Å². The van der Waals surface area contributed by atoms with Crippen LogP contribution in [-0.2, 0) is 5.60 Å². The molecular formula is C24H18FN3O2. The molecule has 148 valence electrons. The van der Waals surface area contributed by atoms with E-state index in [1.54, 1.807) is 36.3 Å². The van der Waals surface area contributed by atoms with Crippen LogP contribution in [0.3, 0.4) is 0 Å². The number of aliphatic hydroxyl groups is 1. The number of halogens is 1. The Hall–Kier alpha value is -3.69. The van der Waals surface area contributed by atoms with Crippen LogP contribution in [0.25, 0.3) is 10.8 Å². The van der Waals surface area contributed by atoms with Crippen molar-refractivity contribution in [1.82, 2.24) is 9.55 Å². The van der Waals surface area contributed by atoms with E-state index >= 15 is 0 Å². The van der Waals surface area contributed by atoms with E-state index in [-0.39, 0.29) is 12.0 Å². The van der Waals surface area contributed by atoms with Gasteiger partial charge < -0.3 is 14.4 Å². The second-order valence-electron chi connectivity index (χ2n) is 7.54. The lowest BCUT2D eigenvalue weighted by atomic mass is 9.85. The molecule has 1 aliphatic rings.